The molecule has 0 fully saturated rings. The van der Waals surface area contributed by atoms with E-state index in [1.165, 1.54) is 5.56 Å². The minimum Gasteiger partial charge on any atom is -0.494 e. The zero-order chi connectivity index (χ0) is 17.2. The molecule has 0 aliphatic heterocycles. The number of rotatable bonds is 8. The van der Waals surface area contributed by atoms with Gasteiger partial charge in [0.05, 0.1) is 18.2 Å². The van der Waals surface area contributed by atoms with E-state index >= 15 is 0 Å². The lowest BCUT2D eigenvalue weighted by Crippen LogP contribution is -2.05. The van der Waals surface area contributed by atoms with E-state index in [0.717, 1.165) is 24.2 Å². The number of carbonyl (C=O) groups excluding carboxylic acids is 1. The molecule has 0 saturated carbocycles. The summed E-state index contributed by atoms with van der Waals surface area (Å²) in [6.45, 7) is 2.86. The van der Waals surface area contributed by atoms with Crippen molar-refractivity contribution in [3.05, 3.63) is 65.2 Å². The molecule has 0 amide bonds. The molecule has 0 spiro atoms. The van der Waals surface area contributed by atoms with Crippen LogP contribution < -0.4 is 4.74 Å². The van der Waals surface area contributed by atoms with Crippen molar-refractivity contribution < 1.29 is 14.3 Å². The largest absolute Gasteiger partial charge is 0.494 e. The van der Waals surface area contributed by atoms with Crippen LogP contribution in [0, 0.1) is 11.3 Å². The number of nitrogens with zero attached hydrogens (tertiary/aromatic N) is 1. The maximum Gasteiger partial charge on any atom is 0.306 e. The van der Waals surface area contributed by atoms with Crippen LogP contribution >= 0.6 is 0 Å². The van der Waals surface area contributed by atoms with Gasteiger partial charge in [0.1, 0.15) is 12.4 Å². The van der Waals surface area contributed by atoms with Gasteiger partial charge in [-0.2, -0.15) is 5.26 Å². The van der Waals surface area contributed by atoms with E-state index in [4.69, 9.17) is 14.7 Å². The van der Waals surface area contributed by atoms with Gasteiger partial charge in [-0.05, 0) is 55.2 Å². The van der Waals surface area contributed by atoms with E-state index in [2.05, 4.69) is 6.07 Å². The number of hydrogen-bond acceptors (Lipinski definition) is 4. The molecule has 4 nitrogen and oxygen atoms in total. The van der Waals surface area contributed by atoms with Crippen molar-refractivity contribution >= 4 is 5.97 Å². The number of nitriles is 1. The molecule has 0 aliphatic rings. The molecule has 4 heteroatoms. The van der Waals surface area contributed by atoms with Crippen molar-refractivity contribution in [2.75, 3.05) is 6.61 Å². The number of hydrogen-bond donors (Lipinski definition) is 0. The minimum atomic E-state index is -0.203. The summed E-state index contributed by atoms with van der Waals surface area (Å²) in [6.07, 6.45) is 1.97. The van der Waals surface area contributed by atoms with Gasteiger partial charge < -0.3 is 9.47 Å². The maximum absolute atomic E-state index is 11.8. The monoisotopic (exact) mass is 323 g/mol. The maximum atomic E-state index is 11.8. The van der Waals surface area contributed by atoms with Crippen molar-refractivity contribution in [1.29, 1.82) is 5.26 Å². The van der Waals surface area contributed by atoms with Gasteiger partial charge in [0.25, 0.3) is 0 Å². The first-order valence-corrected chi connectivity index (χ1v) is 8.07. The summed E-state index contributed by atoms with van der Waals surface area (Å²) in [7, 11) is 0. The van der Waals surface area contributed by atoms with Crippen molar-refractivity contribution in [3.8, 4) is 11.8 Å². The average Bonchev–Trinajstić information content (AvgIpc) is 2.62. The Hall–Kier alpha value is -2.80. The second-order valence-corrected chi connectivity index (χ2v) is 5.40. The molecular weight excluding hydrogens is 302 g/mol. The number of esters is 1. The van der Waals surface area contributed by atoms with Crippen LogP contribution in [0.5, 0.6) is 5.75 Å². The van der Waals surface area contributed by atoms with E-state index in [9.17, 15) is 4.79 Å². The highest BCUT2D eigenvalue weighted by molar-refractivity contribution is 5.69. The molecule has 124 valence electrons. The molecule has 24 heavy (non-hydrogen) atoms. The lowest BCUT2D eigenvalue weighted by atomic mass is 10.1. The zero-order valence-electron chi connectivity index (χ0n) is 13.8. The molecule has 0 unspecified atom stereocenters. The quantitative estimate of drug-likeness (QED) is 0.688. The summed E-state index contributed by atoms with van der Waals surface area (Å²) in [4.78, 5) is 11.8. The van der Waals surface area contributed by atoms with Gasteiger partial charge in [0, 0.05) is 6.42 Å². The van der Waals surface area contributed by atoms with Crippen molar-refractivity contribution in [1.82, 2.24) is 0 Å². The first-order valence-electron chi connectivity index (χ1n) is 8.07. The molecule has 2 aromatic rings. The van der Waals surface area contributed by atoms with Crippen LogP contribution in [0.1, 0.15) is 36.5 Å². The summed E-state index contributed by atoms with van der Waals surface area (Å²) >= 11 is 0. The van der Waals surface area contributed by atoms with Gasteiger partial charge in [-0.3, -0.25) is 4.79 Å². The molecule has 0 atom stereocenters. The number of aryl methyl sites for hydroxylation is 1. The molecule has 2 rings (SSSR count). The van der Waals surface area contributed by atoms with E-state index in [1.54, 1.807) is 24.3 Å². The highest BCUT2D eigenvalue weighted by Crippen LogP contribution is 2.14. The van der Waals surface area contributed by atoms with E-state index in [1.807, 2.05) is 31.2 Å². The fourth-order valence-electron chi connectivity index (χ4n) is 2.27. The fourth-order valence-corrected chi connectivity index (χ4v) is 2.27. The minimum absolute atomic E-state index is 0.203. The van der Waals surface area contributed by atoms with Gasteiger partial charge in [-0.25, -0.2) is 0 Å². The van der Waals surface area contributed by atoms with Crippen LogP contribution in [-0.2, 0) is 22.6 Å². The normalized spacial score (nSPS) is 10.0. The van der Waals surface area contributed by atoms with Crippen LogP contribution in [-0.4, -0.2) is 12.6 Å². The Balaban J connectivity index is 1.68. The van der Waals surface area contributed by atoms with E-state index in [-0.39, 0.29) is 12.6 Å². The summed E-state index contributed by atoms with van der Waals surface area (Å²) in [5.41, 5.74) is 2.66. The first kappa shape index (κ1) is 17.6. The average molecular weight is 323 g/mol. The topological polar surface area (TPSA) is 59.3 Å². The van der Waals surface area contributed by atoms with Gasteiger partial charge in [-0.15, -0.1) is 0 Å². The number of ether oxygens (including phenoxy) is 2. The lowest BCUT2D eigenvalue weighted by Gasteiger charge is -2.06. The van der Waals surface area contributed by atoms with Crippen LogP contribution in [0.15, 0.2) is 48.5 Å². The van der Waals surface area contributed by atoms with Crippen molar-refractivity contribution in [2.24, 2.45) is 0 Å². The summed E-state index contributed by atoms with van der Waals surface area (Å²) in [5, 5.41) is 8.74. The Morgan fingerprint density at radius 1 is 1.04 bits per heavy atom. The standard InChI is InChI=1S/C20H21NO3/c1-2-23-19-12-10-16(11-13-19)4-3-5-20(22)24-15-18-8-6-17(14-21)7-9-18/h6-13H,2-5,15H2,1H3. The number of carbonyl (C=O) groups is 1. The molecule has 2 aromatic carbocycles. The summed E-state index contributed by atoms with van der Waals surface area (Å²) in [5.74, 6) is 0.661. The fraction of sp³-hybridized carbons (Fsp3) is 0.300. The van der Waals surface area contributed by atoms with E-state index in [0.29, 0.717) is 18.6 Å². The molecular formula is C20H21NO3. The van der Waals surface area contributed by atoms with Gasteiger partial charge in [0.2, 0.25) is 0 Å². The molecule has 0 aliphatic carbocycles. The van der Waals surface area contributed by atoms with Crippen molar-refractivity contribution in [3.63, 3.8) is 0 Å². The predicted octanol–water partition coefficient (Wildman–Crippen LogP) is 4.02. The molecule has 0 N–H and O–H groups in total. The van der Waals surface area contributed by atoms with Crippen LogP contribution in [0.2, 0.25) is 0 Å². The molecule has 0 bridgehead atoms. The highest BCUT2D eigenvalue weighted by Gasteiger charge is 2.04. The summed E-state index contributed by atoms with van der Waals surface area (Å²) in [6, 6.07) is 17.0. The third-order valence-electron chi connectivity index (χ3n) is 3.56. The van der Waals surface area contributed by atoms with Gasteiger partial charge in [0.15, 0.2) is 0 Å². The SMILES string of the molecule is CCOc1ccc(CCCC(=O)OCc2ccc(C#N)cc2)cc1. The smallest absolute Gasteiger partial charge is 0.306 e. The second kappa shape index (κ2) is 9.36. The number of benzene rings is 2. The lowest BCUT2D eigenvalue weighted by molar-refractivity contribution is -0.145. The predicted molar refractivity (Wildman–Crippen MR) is 91.5 cm³/mol. The van der Waals surface area contributed by atoms with Crippen LogP contribution in [0.25, 0.3) is 0 Å². The molecule has 0 heterocycles. The third-order valence-corrected chi connectivity index (χ3v) is 3.56. The third kappa shape index (κ3) is 5.77. The van der Waals surface area contributed by atoms with Crippen molar-refractivity contribution in [2.45, 2.75) is 32.8 Å². The Kier molecular flexibility index (Phi) is 6.85. The Labute approximate surface area is 142 Å². The Bertz CT molecular complexity index is 684. The van der Waals surface area contributed by atoms with Crippen LogP contribution in [0.4, 0.5) is 0 Å². The van der Waals surface area contributed by atoms with Gasteiger partial charge >= 0.3 is 5.97 Å². The summed E-state index contributed by atoms with van der Waals surface area (Å²) < 4.78 is 10.6. The van der Waals surface area contributed by atoms with E-state index < -0.39 is 0 Å². The molecule has 0 saturated heterocycles. The second-order valence-electron chi connectivity index (χ2n) is 5.40. The van der Waals surface area contributed by atoms with Crippen LogP contribution in [0.3, 0.4) is 0 Å². The Morgan fingerprint density at radius 3 is 2.33 bits per heavy atom. The zero-order valence-corrected chi connectivity index (χ0v) is 13.8. The first-order chi connectivity index (χ1) is 11.7. The molecule has 0 aromatic heterocycles. The highest BCUT2D eigenvalue weighted by atomic mass is 16.5. The Morgan fingerprint density at radius 2 is 1.71 bits per heavy atom. The molecule has 0 radical (unpaired) electrons. The van der Waals surface area contributed by atoms with Gasteiger partial charge in [-0.1, -0.05) is 24.3 Å².